The summed E-state index contributed by atoms with van der Waals surface area (Å²) in [4.78, 5) is 14.7. The van der Waals surface area contributed by atoms with Crippen molar-refractivity contribution >= 4 is 17.5 Å². The van der Waals surface area contributed by atoms with Gasteiger partial charge in [-0.05, 0) is 24.8 Å². The Morgan fingerprint density at radius 3 is 3.00 bits per heavy atom. The molecule has 98 valence electrons. The molecule has 1 aliphatic carbocycles. The minimum Gasteiger partial charge on any atom is -0.478 e. The van der Waals surface area contributed by atoms with Crippen molar-refractivity contribution in [3.8, 4) is 0 Å². The summed E-state index contributed by atoms with van der Waals surface area (Å²) in [6, 6.07) is 1.39. The van der Waals surface area contributed by atoms with E-state index in [0.717, 1.165) is 12.5 Å². The van der Waals surface area contributed by atoms with Crippen molar-refractivity contribution in [1.29, 1.82) is 0 Å². The molecule has 1 aliphatic rings. The van der Waals surface area contributed by atoms with Crippen LogP contribution in [-0.4, -0.2) is 35.8 Å². The van der Waals surface area contributed by atoms with E-state index in [1.807, 2.05) is 0 Å². The van der Waals surface area contributed by atoms with Gasteiger partial charge in [-0.25, -0.2) is 9.78 Å². The number of hydrogen-bond acceptors (Lipinski definition) is 5. The van der Waals surface area contributed by atoms with Gasteiger partial charge in [-0.1, -0.05) is 0 Å². The first-order valence-corrected chi connectivity index (χ1v) is 5.97. The van der Waals surface area contributed by atoms with Gasteiger partial charge in [0.05, 0.1) is 17.9 Å². The molecule has 0 aliphatic heterocycles. The number of nitrogens with two attached hydrogens (primary N) is 1. The maximum absolute atomic E-state index is 10.7. The fraction of sp³-hybridized carbons (Fsp3) is 0.500. The molecule has 0 atom stereocenters. The van der Waals surface area contributed by atoms with E-state index < -0.39 is 5.97 Å². The molecule has 1 aromatic heterocycles. The van der Waals surface area contributed by atoms with Gasteiger partial charge in [-0.3, -0.25) is 0 Å². The number of carboxylic acids is 1. The second-order valence-corrected chi connectivity index (χ2v) is 4.41. The van der Waals surface area contributed by atoms with E-state index in [1.54, 1.807) is 0 Å². The summed E-state index contributed by atoms with van der Waals surface area (Å²) in [5, 5.41) is 11.8. The zero-order valence-electron chi connectivity index (χ0n) is 10.1. The molecule has 0 bridgehead atoms. The van der Waals surface area contributed by atoms with Crippen LogP contribution in [0.15, 0.2) is 12.3 Å². The van der Waals surface area contributed by atoms with Gasteiger partial charge in [0.15, 0.2) is 0 Å². The fourth-order valence-electron chi connectivity index (χ4n) is 1.52. The Kier molecular flexibility index (Phi) is 3.99. The first-order chi connectivity index (χ1) is 8.66. The lowest BCUT2D eigenvalue weighted by atomic mass is 10.2. The van der Waals surface area contributed by atoms with E-state index in [1.165, 1.54) is 25.1 Å². The fourth-order valence-corrected chi connectivity index (χ4v) is 1.52. The highest BCUT2D eigenvalue weighted by molar-refractivity contribution is 5.89. The highest BCUT2D eigenvalue weighted by atomic mass is 16.5. The molecule has 1 fully saturated rings. The van der Waals surface area contributed by atoms with Gasteiger partial charge in [-0.15, -0.1) is 0 Å². The number of carboxylic acid groups (broad SMARTS) is 1. The summed E-state index contributed by atoms with van der Waals surface area (Å²) in [5.41, 5.74) is 6.12. The number of nitrogen functional groups attached to an aromatic ring is 1. The Balaban J connectivity index is 1.75. The van der Waals surface area contributed by atoms with Crippen LogP contribution in [0.5, 0.6) is 0 Å². The molecule has 1 heterocycles. The Labute approximate surface area is 105 Å². The van der Waals surface area contributed by atoms with E-state index in [2.05, 4.69) is 10.3 Å². The molecule has 0 saturated heterocycles. The first kappa shape index (κ1) is 12.6. The third-order valence-corrected chi connectivity index (χ3v) is 2.75. The van der Waals surface area contributed by atoms with Gasteiger partial charge in [0, 0.05) is 19.3 Å². The van der Waals surface area contributed by atoms with E-state index in [4.69, 9.17) is 15.6 Å². The van der Waals surface area contributed by atoms with Crippen molar-refractivity contribution in [3.05, 3.63) is 17.8 Å². The number of pyridine rings is 1. The van der Waals surface area contributed by atoms with Gasteiger partial charge in [0.2, 0.25) is 0 Å². The van der Waals surface area contributed by atoms with Gasteiger partial charge < -0.3 is 20.9 Å². The SMILES string of the molecule is Nc1cc(C(=O)O)cnc1NCCOCC1CC1. The highest BCUT2D eigenvalue weighted by Crippen LogP contribution is 2.28. The smallest absolute Gasteiger partial charge is 0.337 e. The van der Waals surface area contributed by atoms with Gasteiger partial charge in [-0.2, -0.15) is 0 Å². The van der Waals surface area contributed by atoms with Crippen molar-refractivity contribution < 1.29 is 14.6 Å². The molecular formula is C12H17N3O3. The minimum atomic E-state index is -1.03. The van der Waals surface area contributed by atoms with Crippen LogP contribution >= 0.6 is 0 Å². The molecule has 4 N–H and O–H groups in total. The number of rotatable bonds is 7. The average molecular weight is 251 g/mol. The molecule has 0 spiro atoms. The monoisotopic (exact) mass is 251 g/mol. The normalized spacial score (nSPS) is 14.4. The summed E-state index contributed by atoms with van der Waals surface area (Å²) in [5.74, 6) is 0.214. The maximum Gasteiger partial charge on any atom is 0.337 e. The third-order valence-electron chi connectivity index (χ3n) is 2.75. The minimum absolute atomic E-state index is 0.0861. The molecule has 2 rings (SSSR count). The average Bonchev–Trinajstić information content (AvgIpc) is 3.14. The summed E-state index contributed by atoms with van der Waals surface area (Å²) < 4.78 is 5.46. The lowest BCUT2D eigenvalue weighted by Gasteiger charge is -2.09. The lowest BCUT2D eigenvalue weighted by molar-refractivity contribution is 0.0696. The number of nitrogens with one attached hydrogen (secondary N) is 1. The van der Waals surface area contributed by atoms with Crippen LogP contribution in [0.2, 0.25) is 0 Å². The van der Waals surface area contributed by atoms with E-state index in [9.17, 15) is 4.79 Å². The number of anilines is 2. The van der Waals surface area contributed by atoms with Crippen molar-refractivity contribution in [1.82, 2.24) is 4.98 Å². The predicted octanol–water partition coefficient (Wildman–Crippen LogP) is 1.20. The van der Waals surface area contributed by atoms with Crippen molar-refractivity contribution in [2.45, 2.75) is 12.8 Å². The predicted molar refractivity (Wildman–Crippen MR) is 67.6 cm³/mol. The van der Waals surface area contributed by atoms with E-state index >= 15 is 0 Å². The molecule has 0 unspecified atom stereocenters. The van der Waals surface area contributed by atoms with Crippen molar-refractivity contribution in [2.75, 3.05) is 30.8 Å². The number of aromatic nitrogens is 1. The largest absolute Gasteiger partial charge is 0.478 e. The van der Waals surface area contributed by atoms with Crippen molar-refractivity contribution in [3.63, 3.8) is 0 Å². The summed E-state index contributed by atoms with van der Waals surface area (Å²) in [6.07, 6.45) is 3.84. The van der Waals surface area contributed by atoms with Crippen LogP contribution in [0.25, 0.3) is 0 Å². The van der Waals surface area contributed by atoms with Gasteiger partial charge in [0.1, 0.15) is 5.82 Å². The molecule has 0 aromatic carbocycles. The topological polar surface area (TPSA) is 97.5 Å². The zero-order chi connectivity index (χ0) is 13.0. The van der Waals surface area contributed by atoms with Crippen LogP contribution < -0.4 is 11.1 Å². The number of nitrogens with zero attached hydrogens (tertiary/aromatic N) is 1. The molecule has 1 saturated carbocycles. The Morgan fingerprint density at radius 1 is 1.61 bits per heavy atom. The van der Waals surface area contributed by atoms with Gasteiger partial charge >= 0.3 is 5.97 Å². The summed E-state index contributed by atoms with van der Waals surface area (Å²) in [6.45, 7) is 2.02. The molecular weight excluding hydrogens is 234 g/mol. The van der Waals surface area contributed by atoms with Crippen LogP contribution in [0, 0.1) is 5.92 Å². The van der Waals surface area contributed by atoms with E-state index in [-0.39, 0.29) is 5.56 Å². The highest BCUT2D eigenvalue weighted by Gasteiger charge is 2.20. The van der Waals surface area contributed by atoms with Crippen molar-refractivity contribution in [2.24, 2.45) is 5.92 Å². The van der Waals surface area contributed by atoms with Gasteiger partial charge in [0.25, 0.3) is 0 Å². The standard InChI is InChI=1S/C12H17N3O3/c13-10-5-9(12(16)17)6-15-11(10)14-3-4-18-7-8-1-2-8/h5-6,8H,1-4,7,13H2,(H,14,15)(H,16,17). The molecule has 0 amide bonds. The molecule has 6 nitrogen and oxygen atoms in total. The quantitative estimate of drug-likeness (QED) is 0.630. The number of carbonyl (C=O) groups is 1. The van der Waals surface area contributed by atoms with E-state index in [0.29, 0.717) is 24.7 Å². The second-order valence-electron chi connectivity index (χ2n) is 4.41. The van der Waals surface area contributed by atoms with Crippen LogP contribution in [0.4, 0.5) is 11.5 Å². The Hall–Kier alpha value is -1.82. The molecule has 1 aromatic rings. The molecule has 6 heteroatoms. The maximum atomic E-state index is 10.7. The summed E-state index contributed by atoms with van der Waals surface area (Å²) >= 11 is 0. The van der Waals surface area contributed by atoms with Crippen LogP contribution in [0.3, 0.4) is 0 Å². The second kappa shape index (κ2) is 5.68. The Morgan fingerprint density at radius 2 is 2.39 bits per heavy atom. The lowest BCUT2D eigenvalue weighted by Crippen LogP contribution is -2.13. The zero-order valence-corrected chi connectivity index (χ0v) is 10.1. The first-order valence-electron chi connectivity index (χ1n) is 5.97. The Bertz CT molecular complexity index is 433. The number of ether oxygens (including phenoxy) is 1. The molecule has 0 radical (unpaired) electrons. The summed E-state index contributed by atoms with van der Waals surface area (Å²) in [7, 11) is 0. The number of hydrogen-bond donors (Lipinski definition) is 3. The van der Waals surface area contributed by atoms with Crippen LogP contribution in [0.1, 0.15) is 23.2 Å². The number of aromatic carboxylic acids is 1. The third kappa shape index (κ3) is 3.59. The van der Waals surface area contributed by atoms with Crippen LogP contribution in [-0.2, 0) is 4.74 Å². The molecule has 18 heavy (non-hydrogen) atoms.